The molecule has 7 aromatic rings. The van der Waals surface area contributed by atoms with Crippen molar-refractivity contribution in [2.45, 2.75) is 32.2 Å². The normalized spacial score (nSPS) is 13.1. The number of hydrogen-bond donors (Lipinski definition) is 0. The number of rotatable bonds is 10. The summed E-state index contributed by atoms with van der Waals surface area (Å²) in [6.07, 6.45) is 11.3. The third-order valence-corrected chi connectivity index (χ3v) is 9.37. The van der Waals surface area contributed by atoms with E-state index in [-0.39, 0.29) is 24.0 Å². The maximum Gasteiger partial charge on any atom is 0.214 e. The van der Waals surface area contributed by atoms with E-state index in [0.29, 0.717) is 0 Å². The van der Waals surface area contributed by atoms with Gasteiger partial charge >= 0.3 is 0 Å². The van der Waals surface area contributed by atoms with E-state index in [0.717, 1.165) is 38.8 Å². The van der Waals surface area contributed by atoms with Gasteiger partial charge in [-0.2, -0.15) is 4.58 Å². The second kappa shape index (κ2) is 13.5. The van der Waals surface area contributed by atoms with Gasteiger partial charge in [-0.25, -0.2) is 0 Å². The largest absolute Gasteiger partial charge is 1.00 e. The van der Waals surface area contributed by atoms with Crippen LogP contribution in [0.1, 0.15) is 29.5 Å². The third kappa shape index (κ3) is 5.69. The molecule has 0 spiro atoms. The van der Waals surface area contributed by atoms with Crippen LogP contribution >= 0.6 is 0 Å². The fourth-order valence-corrected chi connectivity index (χ4v) is 7.31. The summed E-state index contributed by atoms with van der Waals surface area (Å²) in [6.45, 7) is 1.96. The van der Waals surface area contributed by atoms with Crippen molar-refractivity contribution in [1.29, 1.82) is 0 Å². The van der Waals surface area contributed by atoms with Crippen molar-refractivity contribution in [3.63, 3.8) is 0 Å². The first-order valence-corrected chi connectivity index (χ1v) is 16.3. The number of aromatic nitrogens is 1. The lowest BCUT2D eigenvalue weighted by Crippen LogP contribution is -3.00. The van der Waals surface area contributed by atoms with Crippen LogP contribution in [0.5, 0.6) is 0 Å². The summed E-state index contributed by atoms with van der Waals surface area (Å²) < 4.78 is 5.08. The summed E-state index contributed by atoms with van der Waals surface area (Å²) in [5.74, 6) is 0. The summed E-state index contributed by atoms with van der Waals surface area (Å²) in [4.78, 5) is 0. The quantitative estimate of drug-likeness (QED) is 0.115. The van der Waals surface area contributed by atoms with Crippen LogP contribution in [0.15, 0.2) is 146 Å². The van der Waals surface area contributed by atoms with Gasteiger partial charge in [-0.15, -0.1) is 0 Å². The lowest BCUT2D eigenvalue weighted by Gasteiger charge is -2.07. The molecule has 1 aromatic heterocycles. The average Bonchev–Trinajstić information content (AvgIpc) is 3.56. The number of aryl methyl sites for hydroxylation is 3. The zero-order chi connectivity index (χ0) is 30.0. The molecule has 0 atom stereocenters. The van der Waals surface area contributed by atoms with E-state index in [9.17, 15) is 0 Å². The van der Waals surface area contributed by atoms with Crippen molar-refractivity contribution in [2.75, 3.05) is 6.54 Å². The number of hydrogen-bond acceptors (Lipinski definition) is 0. The minimum absolute atomic E-state index is 0. The van der Waals surface area contributed by atoms with Gasteiger partial charge in [-0.1, -0.05) is 121 Å². The van der Waals surface area contributed by atoms with Crippen LogP contribution in [0, 0.1) is 0 Å². The molecule has 226 valence electrons. The van der Waals surface area contributed by atoms with E-state index < -0.39 is 0 Å². The highest BCUT2D eigenvalue weighted by Crippen LogP contribution is 2.35. The minimum Gasteiger partial charge on any atom is -1.00 e. The predicted octanol–water partition coefficient (Wildman–Crippen LogP) is 6.42. The zero-order valence-electron chi connectivity index (χ0n) is 25.9. The summed E-state index contributed by atoms with van der Waals surface area (Å²) in [7, 11) is 0. The van der Waals surface area contributed by atoms with E-state index in [1.165, 1.54) is 65.9 Å². The van der Waals surface area contributed by atoms with E-state index in [2.05, 4.69) is 161 Å². The Bertz CT molecular complexity index is 2250. The van der Waals surface area contributed by atoms with Gasteiger partial charge in [0.2, 0.25) is 11.4 Å². The molecule has 0 saturated heterocycles. The van der Waals surface area contributed by atoms with Crippen molar-refractivity contribution < 1.29 is 28.6 Å². The monoisotopic (exact) mass is 708 g/mol. The molecule has 0 aliphatic carbocycles. The molecule has 0 fully saturated rings. The molecule has 46 heavy (non-hydrogen) atoms. The molecule has 3 heteroatoms. The number of benzene rings is 6. The lowest BCUT2D eigenvalue weighted by atomic mass is 10.0. The van der Waals surface area contributed by atoms with Crippen LogP contribution in [0.3, 0.4) is 0 Å². The summed E-state index contributed by atoms with van der Waals surface area (Å²) in [5, 5.41) is 7.97. The van der Waals surface area contributed by atoms with E-state index >= 15 is 0 Å². The molecule has 0 bridgehead atoms. The predicted molar refractivity (Wildman–Crippen MR) is 191 cm³/mol. The molecule has 0 radical (unpaired) electrons. The maximum atomic E-state index is 2.54. The molecule has 0 N–H and O–H groups in total. The summed E-state index contributed by atoms with van der Waals surface area (Å²) in [5.41, 5.74) is 8.06. The molecule has 2 nitrogen and oxygen atoms in total. The lowest BCUT2D eigenvalue weighted by molar-refractivity contribution is -0.436. The average molecular weight is 709 g/mol. The van der Waals surface area contributed by atoms with Crippen LogP contribution in [0.4, 0.5) is 5.69 Å². The molecule has 0 unspecified atom stereocenters. The molecular formula is C43H37IN2. The molecule has 1 aliphatic rings. The Morgan fingerprint density at radius 2 is 1.22 bits per heavy atom. The second-order valence-electron chi connectivity index (χ2n) is 12.1. The van der Waals surface area contributed by atoms with Crippen LogP contribution < -0.4 is 29.3 Å². The Morgan fingerprint density at radius 1 is 0.587 bits per heavy atom. The Kier molecular flexibility index (Phi) is 8.85. The van der Waals surface area contributed by atoms with Gasteiger partial charge in [-0.05, 0) is 59.4 Å². The highest BCUT2D eigenvalue weighted by atomic mass is 127. The van der Waals surface area contributed by atoms with E-state index in [4.69, 9.17) is 0 Å². The smallest absolute Gasteiger partial charge is 0.214 e. The number of halogens is 1. The Morgan fingerprint density at radius 3 is 1.96 bits per heavy atom. The Hall–Kier alpha value is -4.48. The minimum atomic E-state index is 0. The fourth-order valence-electron chi connectivity index (χ4n) is 7.31. The highest BCUT2D eigenvalue weighted by Gasteiger charge is 2.29. The number of allylic oxidation sites excluding steroid dienone is 2. The summed E-state index contributed by atoms with van der Waals surface area (Å²) in [6, 6.07) is 48.6. The third-order valence-electron chi connectivity index (χ3n) is 9.37. The van der Waals surface area contributed by atoms with Gasteiger partial charge in [0.15, 0.2) is 0 Å². The van der Waals surface area contributed by atoms with Crippen molar-refractivity contribution in [3.8, 4) is 0 Å². The van der Waals surface area contributed by atoms with Gasteiger partial charge < -0.3 is 28.5 Å². The molecule has 2 heterocycles. The van der Waals surface area contributed by atoms with Crippen LogP contribution in [0.25, 0.3) is 38.5 Å². The molecular weight excluding hydrogens is 671 g/mol. The maximum absolute atomic E-state index is 2.54. The van der Waals surface area contributed by atoms with Crippen molar-refractivity contribution in [3.05, 3.63) is 168 Å². The Balaban J connectivity index is 0.00000338. The van der Waals surface area contributed by atoms with Gasteiger partial charge in [0.1, 0.15) is 6.54 Å². The standard InChI is InChI=1S/C43H37N2.HI/c1-3-14-32(15-4-1)18-12-30-44-38(36-24-7-20-34-22-9-28-40(44)42(34)36)26-11-27-39-37-25-8-21-35-23-10-29-41(43(35)37)45(39)31-13-19-33-16-5-2-6-17-33;/h1-11,14-17,20-29H,12-13,18-19,30-31H2;1H/q+1;/p-1. The first-order chi connectivity index (χ1) is 22.3. The topological polar surface area (TPSA) is 7.94 Å². The molecule has 1 aliphatic heterocycles. The molecule has 6 aromatic carbocycles. The van der Waals surface area contributed by atoms with Crippen LogP contribution in [-0.2, 0) is 19.4 Å². The van der Waals surface area contributed by atoms with Gasteiger partial charge in [-0.3, -0.25) is 0 Å². The first-order valence-electron chi connectivity index (χ1n) is 16.3. The molecule has 8 rings (SSSR count). The number of nitrogens with zero attached hydrogens (tertiary/aromatic N) is 2. The van der Waals surface area contributed by atoms with Crippen molar-refractivity contribution in [1.82, 2.24) is 4.57 Å². The highest BCUT2D eigenvalue weighted by molar-refractivity contribution is 6.20. The molecule has 0 saturated carbocycles. The SMILES string of the molecule is C(=C\C1=[N+](CCCc2ccccc2)c2cccc3cccc1c23)/C=c1\c2cccc3cccc(c32)n1CCCc1ccccc1.[I-]. The van der Waals surface area contributed by atoms with Gasteiger partial charge in [0.05, 0.1) is 10.9 Å². The molecule has 0 amide bonds. The van der Waals surface area contributed by atoms with Crippen LogP contribution in [0.2, 0.25) is 0 Å². The van der Waals surface area contributed by atoms with Gasteiger partial charge in [0.25, 0.3) is 0 Å². The first kappa shape index (κ1) is 30.2. The van der Waals surface area contributed by atoms with Crippen molar-refractivity contribution >= 4 is 49.9 Å². The van der Waals surface area contributed by atoms with Gasteiger partial charge in [0, 0.05) is 46.7 Å². The van der Waals surface area contributed by atoms with E-state index in [1.807, 2.05) is 0 Å². The summed E-state index contributed by atoms with van der Waals surface area (Å²) >= 11 is 0. The van der Waals surface area contributed by atoms with E-state index in [1.54, 1.807) is 0 Å². The second-order valence-corrected chi connectivity index (χ2v) is 12.1. The van der Waals surface area contributed by atoms with Crippen LogP contribution in [-0.4, -0.2) is 21.4 Å². The fraction of sp³-hybridized carbons (Fsp3) is 0.140. The van der Waals surface area contributed by atoms with Crippen molar-refractivity contribution in [2.24, 2.45) is 0 Å². The Labute approximate surface area is 288 Å². The zero-order valence-corrected chi connectivity index (χ0v) is 28.1.